The molecule has 0 aromatic carbocycles. The lowest BCUT2D eigenvalue weighted by molar-refractivity contribution is 0.108. The van der Waals surface area contributed by atoms with E-state index in [0.29, 0.717) is 24.3 Å². The van der Waals surface area contributed by atoms with Crippen molar-refractivity contribution in [3.8, 4) is 11.4 Å². The van der Waals surface area contributed by atoms with Crippen molar-refractivity contribution in [2.75, 3.05) is 6.54 Å². The first-order valence-corrected chi connectivity index (χ1v) is 8.36. The molecule has 0 radical (unpaired) electrons. The zero-order valence-corrected chi connectivity index (χ0v) is 13.8. The third-order valence-electron chi connectivity index (χ3n) is 4.50. The number of rotatable bonds is 5. The zero-order valence-electron chi connectivity index (χ0n) is 13.8. The molecule has 4 heterocycles. The molecular weight excluding hydrogens is 306 g/mol. The van der Waals surface area contributed by atoms with Gasteiger partial charge in [-0.2, -0.15) is 10.1 Å². The molecule has 0 bridgehead atoms. The zero-order chi connectivity index (χ0) is 16.4. The molecule has 1 aliphatic heterocycles. The van der Waals surface area contributed by atoms with E-state index in [1.807, 2.05) is 16.9 Å². The van der Waals surface area contributed by atoms with Gasteiger partial charge in [-0.15, -0.1) is 0 Å². The van der Waals surface area contributed by atoms with E-state index in [2.05, 4.69) is 33.3 Å². The van der Waals surface area contributed by atoms with Gasteiger partial charge in [0.2, 0.25) is 11.7 Å². The van der Waals surface area contributed by atoms with Crippen LogP contribution in [0.1, 0.15) is 30.7 Å². The molecule has 3 aromatic heterocycles. The van der Waals surface area contributed by atoms with Crippen LogP contribution in [0, 0.1) is 6.92 Å². The summed E-state index contributed by atoms with van der Waals surface area (Å²) in [6.45, 7) is 4.69. The summed E-state index contributed by atoms with van der Waals surface area (Å²) in [5.74, 6) is 1.23. The van der Waals surface area contributed by atoms with E-state index >= 15 is 0 Å². The van der Waals surface area contributed by atoms with Crippen LogP contribution in [0.5, 0.6) is 0 Å². The van der Waals surface area contributed by atoms with Gasteiger partial charge in [-0.3, -0.25) is 9.58 Å². The lowest BCUT2D eigenvalue weighted by Crippen LogP contribution is -2.41. The summed E-state index contributed by atoms with van der Waals surface area (Å²) in [4.78, 5) is 6.91. The first kappa shape index (κ1) is 15.1. The Bertz CT molecular complexity index is 777. The maximum Gasteiger partial charge on any atom is 0.241 e. The predicted molar refractivity (Wildman–Crippen MR) is 87.0 cm³/mol. The lowest BCUT2D eigenvalue weighted by atomic mass is 10.0. The SMILES string of the molecule is Cc1cnn(C[C@H]2CCCCN2Cc2nc(-c3ccoc3)no2)c1. The van der Waals surface area contributed by atoms with E-state index in [1.54, 1.807) is 12.5 Å². The summed E-state index contributed by atoms with van der Waals surface area (Å²) in [7, 11) is 0. The van der Waals surface area contributed by atoms with Crippen LogP contribution in [0.4, 0.5) is 0 Å². The number of piperidine rings is 1. The first-order valence-electron chi connectivity index (χ1n) is 8.36. The van der Waals surface area contributed by atoms with E-state index in [9.17, 15) is 0 Å². The molecule has 1 fully saturated rings. The van der Waals surface area contributed by atoms with Crippen molar-refractivity contribution in [3.63, 3.8) is 0 Å². The summed E-state index contributed by atoms with van der Waals surface area (Å²) < 4.78 is 12.5. The smallest absolute Gasteiger partial charge is 0.241 e. The average molecular weight is 327 g/mol. The fourth-order valence-corrected chi connectivity index (χ4v) is 3.26. The molecule has 3 aromatic rings. The van der Waals surface area contributed by atoms with Crippen LogP contribution in [0.2, 0.25) is 0 Å². The Morgan fingerprint density at radius 1 is 1.33 bits per heavy atom. The summed E-state index contributed by atoms with van der Waals surface area (Å²) in [6, 6.07) is 2.28. The normalized spacial score (nSPS) is 19.0. The fourth-order valence-electron chi connectivity index (χ4n) is 3.26. The Morgan fingerprint density at radius 2 is 2.29 bits per heavy atom. The van der Waals surface area contributed by atoms with Crippen molar-refractivity contribution in [2.24, 2.45) is 0 Å². The number of likely N-dealkylation sites (tertiary alicyclic amines) is 1. The molecule has 7 heteroatoms. The van der Waals surface area contributed by atoms with Crippen LogP contribution in [0.3, 0.4) is 0 Å². The van der Waals surface area contributed by atoms with Crippen LogP contribution in [0.15, 0.2) is 39.9 Å². The van der Waals surface area contributed by atoms with Gasteiger partial charge in [-0.25, -0.2) is 0 Å². The Hall–Kier alpha value is -2.41. The first-order chi connectivity index (χ1) is 11.8. The van der Waals surface area contributed by atoms with Gasteiger partial charge in [-0.1, -0.05) is 11.6 Å². The standard InChI is InChI=1S/C17H21N5O2/c1-13-8-18-22(9-13)10-15-4-2-3-6-21(15)11-16-19-17(20-24-16)14-5-7-23-12-14/h5,7-9,12,15H,2-4,6,10-11H2,1H3/t15-/m1/s1. The van der Waals surface area contributed by atoms with Crippen molar-refractivity contribution in [1.29, 1.82) is 0 Å². The molecule has 1 atom stereocenters. The number of nitrogens with zero attached hydrogens (tertiary/aromatic N) is 5. The highest BCUT2D eigenvalue weighted by molar-refractivity contribution is 5.51. The summed E-state index contributed by atoms with van der Waals surface area (Å²) in [5.41, 5.74) is 2.03. The van der Waals surface area contributed by atoms with Gasteiger partial charge in [0.1, 0.15) is 6.26 Å². The lowest BCUT2D eigenvalue weighted by Gasteiger charge is -2.34. The Kier molecular flexibility index (Phi) is 4.17. The third kappa shape index (κ3) is 3.26. The molecule has 0 amide bonds. The van der Waals surface area contributed by atoms with E-state index in [-0.39, 0.29) is 0 Å². The fraction of sp³-hybridized carbons (Fsp3) is 0.471. The maximum atomic E-state index is 5.43. The van der Waals surface area contributed by atoms with Gasteiger partial charge < -0.3 is 8.94 Å². The van der Waals surface area contributed by atoms with Gasteiger partial charge in [0, 0.05) is 12.2 Å². The van der Waals surface area contributed by atoms with E-state index in [1.165, 1.54) is 24.8 Å². The van der Waals surface area contributed by atoms with Crippen LogP contribution in [-0.4, -0.2) is 37.4 Å². The van der Waals surface area contributed by atoms with Crippen LogP contribution >= 0.6 is 0 Å². The second kappa shape index (κ2) is 6.60. The summed E-state index contributed by atoms with van der Waals surface area (Å²) >= 11 is 0. The predicted octanol–water partition coefficient (Wildman–Crippen LogP) is 2.89. The van der Waals surface area contributed by atoms with Crippen LogP contribution in [-0.2, 0) is 13.1 Å². The van der Waals surface area contributed by atoms with Crippen molar-refractivity contribution in [3.05, 3.63) is 42.4 Å². The highest BCUT2D eigenvalue weighted by Crippen LogP contribution is 2.22. The average Bonchev–Trinajstić information content (AvgIpc) is 3.31. The summed E-state index contributed by atoms with van der Waals surface area (Å²) in [6.07, 6.45) is 10.9. The minimum absolute atomic E-state index is 0.447. The second-order valence-corrected chi connectivity index (χ2v) is 6.38. The molecule has 0 unspecified atom stereocenters. The Morgan fingerprint density at radius 3 is 3.08 bits per heavy atom. The minimum Gasteiger partial charge on any atom is -0.472 e. The van der Waals surface area contributed by atoms with Gasteiger partial charge in [0.25, 0.3) is 0 Å². The Labute approximate surface area is 140 Å². The van der Waals surface area contributed by atoms with Crippen molar-refractivity contribution >= 4 is 0 Å². The molecule has 1 aliphatic rings. The molecule has 24 heavy (non-hydrogen) atoms. The molecule has 126 valence electrons. The minimum atomic E-state index is 0.447. The highest BCUT2D eigenvalue weighted by Gasteiger charge is 2.25. The number of hydrogen-bond donors (Lipinski definition) is 0. The van der Waals surface area contributed by atoms with E-state index in [4.69, 9.17) is 8.94 Å². The van der Waals surface area contributed by atoms with Crippen molar-refractivity contribution in [2.45, 2.75) is 45.3 Å². The number of aromatic nitrogens is 4. The third-order valence-corrected chi connectivity index (χ3v) is 4.50. The molecule has 0 N–H and O–H groups in total. The molecule has 4 rings (SSSR count). The number of aryl methyl sites for hydroxylation is 1. The van der Waals surface area contributed by atoms with Crippen LogP contribution in [0.25, 0.3) is 11.4 Å². The van der Waals surface area contributed by atoms with Crippen LogP contribution < -0.4 is 0 Å². The largest absolute Gasteiger partial charge is 0.472 e. The van der Waals surface area contributed by atoms with Crippen molar-refractivity contribution in [1.82, 2.24) is 24.8 Å². The molecular formula is C17H21N5O2. The van der Waals surface area contributed by atoms with E-state index < -0.39 is 0 Å². The van der Waals surface area contributed by atoms with Crippen molar-refractivity contribution < 1.29 is 8.94 Å². The molecule has 1 saturated heterocycles. The number of furan rings is 1. The highest BCUT2D eigenvalue weighted by atomic mass is 16.5. The monoisotopic (exact) mass is 327 g/mol. The molecule has 0 spiro atoms. The Balaban J connectivity index is 1.45. The number of hydrogen-bond acceptors (Lipinski definition) is 6. The quantitative estimate of drug-likeness (QED) is 0.717. The van der Waals surface area contributed by atoms with Gasteiger partial charge in [-0.05, 0) is 37.9 Å². The topological polar surface area (TPSA) is 73.1 Å². The van der Waals surface area contributed by atoms with Gasteiger partial charge in [0.15, 0.2) is 0 Å². The summed E-state index contributed by atoms with van der Waals surface area (Å²) in [5, 5.41) is 8.46. The van der Waals surface area contributed by atoms with Gasteiger partial charge in [0.05, 0.1) is 31.1 Å². The van der Waals surface area contributed by atoms with E-state index in [0.717, 1.165) is 18.7 Å². The molecule has 0 aliphatic carbocycles. The molecule has 7 nitrogen and oxygen atoms in total. The second-order valence-electron chi connectivity index (χ2n) is 6.38. The van der Waals surface area contributed by atoms with Gasteiger partial charge >= 0.3 is 0 Å². The maximum absolute atomic E-state index is 5.43. The molecule has 0 saturated carbocycles.